The van der Waals surface area contributed by atoms with Crippen LogP contribution in [0.3, 0.4) is 0 Å². The Morgan fingerprint density at radius 1 is 1.71 bits per heavy atom. The van der Waals surface area contributed by atoms with Gasteiger partial charge < -0.3 is 15.3 Å². The highest BCUT2D eigenvalue weighted by atomic mass is 79.9. The minimum absolute atomic E-state index is 0.0196. The van der Waals surface area contributed by atoms with Crippen LogP contribution < -0.4 is 5.32 Å². The fourth-order valence-electron chi connectivity index (χ4n) is 1.68. The molecular formula is C10H11BrN2O3S. The van der Waals surface area contributed by atoms with Gasteiger partial charge in [-0.25, -0.2) is 4.79 Å². The molecule has 1 aromatic rings. The zero-order chi connectivity index (χ0) is 12.4. The van der Waals surface area contributed by atoms with Gasteiger partial charge in [0.15, 0.2) is 0 Å². The normalized spacial score (nSPS) is 19.5. The maximum atomic E-state index is 11.6. The number of nitrogens with zero attached hydrogens (tertiary/aromatic N) is 1. The molecule has 0 aromatic carbocycles. The third-order valence-corrected chi connectivity index (χ3v) is 4.32. The number of amides is 2. The quantitative estimate of drug-likeness (QED) is 0.892. The molecule has 0 aliphatic carbocycles. The molecule has 1 aliphatic heterocycles. The van der Waals surface area contributed by atoms with Gasteiger partial charge in [-0.3, -0.25) is 4.79 Å². The Morgan fingerprint density at radius 3 is 3.06 bits per heavy atom. The number of hydrogen-bond acceptors (Lipinski definition) is 3. The number of nitrogens with one attached hydrogen (secondary N) is 1. The van der Waals surface area contributed by atoms with Gasteiger partial charge in [0.2, 0.25) is 0 Å². The number of aliphatic carboxylic acids is 1. The Morgan fingerprint density at radius 2 is 2.47 bits per heavy atom. The van der Waals surface area contributed by atoms with E-state index in [1.165, 1.54) is 4.90 Å². The summed E-state index contributed by atoms with van der Waals surface area (Å²) in [5, 5.41) is 13.4. The first-order chi connectivity index (χ1) is 8.06. The van der Waals surface area contributed by atoms with Crippen molar-refractivity contribution in [2.45, 2.75) is 12.5 Å². The lowest BCUT2D eigenvalue weighted by molar-refractivity contribution is -0.137. The molecule has 1 unspecified atom stereocenters. The SMILES string of the molecule is O=C(O)CCN1CC(c2cc(Br)cs2)NC1=O. The monoisotopic (exact) mass is 318 g/mol. The molecule has 92 valence electrons. The van der Waals surface area contributed by atoms with Crippen LogP contribution in [-0.2, 0) is 4.79 Å². The summed E-state index contributed by atoms with van der Waals surface area (Å²) in [5.74, 6) is -0.889. The summed E-state index contributed by atoms with van der Waals surface area (Å²) in [5.41, 5.74) is 0. The lowest BCUT2D eigenvalue weighted by atomic mass is 10.2. The van der Waals surface area contributed by atoms with Crippen LogP contribution in [-0.4, -0.2) is 35.1 Å². The molecular weight excluding hydrogens is 308 g/mol. The van der Waals surface area contributed by atoms with E-state index in [-0.39, 0.29) is 25.0 Å². The van der Waals surface area contributed by atoms with E-state index >= 15 is 0 Å². The zero-order valence-electron chi connectivity index (χ0n) is 8.85. The minimum atomic E-state index is -0.889. The van der Waals surface area contributed by atoms with E-state index in [0.717, 1.165) is 9.35 Å². The summed E-state index contributed by atoms with van der Waals surface area (Å²) < 4.78 is 0.996. The van der Waals surface area contributed by atoms with E-state index in [0.29, 0.717) is 6.54 Å². The largest absolute Gasteiger partial charge is 0.481 e. The van der Waals surface area contributed by atoms with Crippen molar-refractivity contribution in [2.24, 2.45) is 0 Å². The van der Waals surface area contributed by atoms with Gasteiger partial charge in [-0.2, -0.15) is 0 Å². The van der Waals surface area contributed by atoms with Crippen molar-refractivity contribution >= 4 is 39.3 Å². The maximum absolute atomic E-state index is 11.6. The highest BCUT2D eigenvalue weighted by molar-refractivity contribution is 9.10. The van der Waals surface area contributed by atoms with Gasteiger partial charge in [0, 0.05) is 27.8 Å². The van der Waals surface area contributed by atoms with Gasteiger partial charge in [-0.05, 0) is 22.0 Å². The average molecular weight is 319 g/mol. The predicted octanol–water partition coefficient (Wildman–Crippen LogP) is 2.05. The van der Waals surface area contributed by atoms with Crippen molar-refractivity contribution in [2.75, 3.05) is 13.1 Å². The molecule has 1 aliphatic rings. The number of carbonyl (C=O) groups is 2. The summed E-state index contributed by atoms with van der Waals surface area (Å²) in [6.45, 7) is 0.781. The molecule has 0 bridgehead atoms. The number of rotatable bonds is 4. The molecule has 0 saturated carbocycles. The van der Waals surface area contributed by atoms with Crippen LogP contribution in [0, 0.1) is 0 Å². The summed E-state index contributed by atoms with van der Waals surface area (Å²) in [7, 11) is 0. The third-order valence-electron chi connectivity index (χ3n) is 2.51. The lowest BCUT2D eigenvalue weighted by Gasteiger charge is -2.12. The van der Waals surface area contributed by atoms with Crippen molar-refractivity contribution in [3.05, 3.63) is 20.8 Å². The summed E-state index contributed by atoms with van der Waals surface area (Å²) in [4.78, 5) is 24.7. The van der Waals surface area contributed by atoms with Crippen LogP contribution in [0.2, 0.25) is 0 Å². The second-order valence-electron chi connectivity index (χ2n) is 3.76. The number of hydrogen-bond donors (Lipinski definition) is 2. The molecule has 1 atom stereocenters. The van der Waals surface area contributed by atoms with Gasteiger partial charge in [-0.15, -0.1) is 11.3 Å². The number of carboxylic acid groups (broad SMARTS) is 1. The van der Waals surface area contributed by atoms with Crippen molar-refractivity contribution in [1.82, 2.24) is 10.2 Å². The van der Waals surface area contributed by atoms with E-state index in [9.17, 15) is 9.59 Å². The molecule has 1 saturated heterocycles. The van der Waals surface area contributed by atoms with Gasteiger partial charge in [0.1, 0.15) is 0 Å². The van der Waals surface area contributed by atoms with Crippen LogP contribution in [0.4, 0.5) is 4.79 Å². The molecule has 1 aromatic heterocycles. The predicted molar refractivity (Wildman–Crippen MR) is 67.1 cm³/mol. The molecule has 0 radical (unpaired) electrons. The van der Waals surface area contributed by atoms with Gasteiger partial charge in [0.25, 0.3) is 0 Å². The van der Waals surface area contributed by atoms with E-state index < -0.39 is 5.97 Å². The van der Waals surface area contributed by atoms with Gasteiger partial charge >= 0.3 is 12.0 Å². The smallest absolute Gasteiger partial charge is 0.318 e. The fraction of sp³-hybridized carbons (Fsp3) is 0.400. The second kappa shape index (κ2) is 5.05. The number of carboxylic acids is 1. The molecule has 2 amide bonds. The topological polar surface area (TPSA) is 69.6 Å². The Bertz CT molecular complexity index is 449. The van der Waals surface area contributed by atoms with E-state index in [1.807, 2.05) is 11.4 Å². The Balaban J connectivity index is 1.97. The fourth-order valence-corrected chi connectivity index (χ4v) is 3.17. The standard InChI is InChI=1S/C10H11BrN2O3S/c11-6-3-8(17-5-6)7-4-13(10(16)12-7)2-1-9(14)15/h3,5,7H,1-2,4H2,(H,12,16)(H,14,15). The molecule has 7 heteroatoms. The van der Waals surface area contributed by atoms with Crippen LogP contribution in [0.5, 0.6) is 0 Å². The van der Waals surface area contributed by atoms with Crippen molar-refractivity contribution in [3.8, 4) is 0 Å². The summed E-state index contributed by atoms with van der Waals surface area (Å²) >= 11 is 4.94. The lowest BCUT2D eigenvalue weighted by Crippen LogP contribution is -2.30. The highest BCUT2D eigenvalue weighted by Gasteiger charge is 2.30. The molecule has 2 rings (SSSR count). The first-order valence-corrected chi connectivity index (χ1v) is 6.74. The minimum Gasteiger partial charge on any atom is -0.481 e. The van der Waals surface area contributed by atoms with Crippen LogP contribution in [0.25, 0.3) is 0 Å². The first kappa shape index (κ1) is 12.4. The van der Waals surface area contributed by atoms with Crippen molar-refractivity contribution < 1.29 is 14.7 Å². The first-order valence-electron chi connectivity index (χ1n) is 5.07. The number of urea groups is 1. The summed E-state index contributed by atoms with van der Waals surface area (Å²) in [6.07, 6.45) is -0.0196. The Hall–Kier alpha value is -1.08. The van der Waals surface area contributed by atoms with Gasteiger partial charge in [0.05, 0.1) is 12.5 Å². The summed E-state index contributed by atoms with van der Waals surface area (Å²) in [6, 6.07) is 1.74. The molecule has 1 fully saturated rings. The third kappa shape index (κ3) is 2.98. The Labute approximate surface area is 111 Å². The Kier molecular flexibility index (Phi) is 3.68. The van der Waals surface area contributed by atoms with E-state index in [2.05, 4.69) is 21.2 Å². The van der Waals surface area contributed by atoms with Crippen LogP contribution >= 0.6 is 27.3 Å². The zero-order valence-corrected chi connectivity index (χ0v) is 11.3. The molecule has 0 spiro atoms. The van der Waals surface area contributed by atoms with Crippen molar-refractivity contribution in [1.29, 1.82) is 0 Å². The molecule has 2 N–H and O–H groups in total. The molecule has 2 heterocycles. The number of halogens is 1. The molecule has 17 heavy (non-hydrogen) atoms. The van der Waals surface area contributed by atoms with E-state index in [1.54, 1.807) is 11.3 Å². The second-order valence-corrected chi connectivity index (χ2v) is 5.62. The van der Waals surface area contributed by atoms with E-state index in [4.69, 9.17) is 5.11 Å². The van der Waals surface area contributed by atoms with Crippen LogP contribution in [0.15, 0.2) is 15.9 Å². The maximum Gasteiger partial charge on any atom is 0.318 e. The molecule has 5 nitrogen and oxygen atoms in total. The highest BCUT2D eigenvalue weighted by Crippen LogP contribution is 2.28. The van der Waals surface area contributed by atoms with Crippen LogP contribution in [0.1, 0.15) is 17.3 Å². The van der Waals surface area contributed by atoms with Gasteiger partial charge in [-0.1, -0.05) is 0 Å². The van der Waals surface area contributed by atoms with Crippen molar-refractivity contribution in [3.63, 3.8) is 0 Å². The average Bonchev–Trinajstić information content (AvgIpc) is 2.82. The number of carbonyl (C=O) groups excluding carboxylic acids is 1. The number of thiophene rings is 1.